The molecule has 1 aliphatic rings. The number of likely N-dealkylation sites (N-methyl/N-ethyl adjacent to an activating group) is 1. The molecule has 114 valence electrons. The summed E-state index contributed by atoms with van der Waals surface area (Å²) in [5.74, 6) is 0. The second kappa shape index (κ2) is 7.02. The molecule has 19 heavy (non-hydrogen) atoms. The molecule has 1 fully saturated rings. The van der Waals surface area contributed by atoms with Crippen molar-refractivity contribution in [2.75, 3.05) is 26.2 Å². The molecule has 0 aromatic carbocycles. The summed E-state index contributed by atoms with van der Waals surface area (Å²) in [6.45, 7) is 7.60. The summed E-state index contributed by atoms with van der Waals surface area (Å²) >= 11 is 0. The first kappa shape index (κ1) is 16.9. The Kier molecular flexibility index (Phi) is 6.23. The lowest BCUT2D eigenvalue weighted by Crippen LogP contribution is -2.60. The zero-order valence-electron chi connectivity index (χ0n) is 12.6. The zero-order valence-corrected chi connectivity index (χ0v) is 13.4. The van der Waals surface area contributed by atoms with E-state index >= 15 is 0 Å². The van der Waals surface area contributed by atoms with Crippen molar-refractivity contribution in [3.8, 4) is 0 Å². The first-order chi connectivity index (χ1) is 8.98. The molecule has 1 saturated carbocycles. The van der Waals surface area contributed by atoms with Gasteiger partial charge in [0.2, 0.25) is 0 Å². The second-order valence-electron chi connectivity index (χ2n) is 5.25. The molecule has 0 heterocycles. The van der Waals surface area contributed by atoms with Crippen LogP contribution >= 0.6 is 0 Å². The maximum atomic E-state index is 12.8. The highest BCUT2D eigenvalue weighted by molar-refractivity contribution is 7.86. The van der Waals surface area contributed by atoms with Crippen LogP contribution in [0.15, 0.2) is 0 Å². The summed E-state index contributed by atoms with van der Waals surface area (Å²) in [5.41, 5.74) is 5.60. The van der Waals surface area contributed by atoms with E-state index in [-0.39, 0.29) is 5.54 Å². The SMILES string of the molecule is CCN(CC)S(=O)(=O)N(CC)C1(CN)CCCCC1. The lowest BCUT2D eigenvalue weighted by Gasteiger charge is -2.45. The molecule has 0 bridgehead atoms. The first-order valence-corrected chi connectivity index (χ1v) is 8.86. The molecule has 1 rings (SSSR count). The minimum atomic E-state index is -3.40. The molecule has 0 amide bonds. The van der Waals surface area contributed by atoms with E-state index < -0.39 is 10.2 Å². The summed E-state index contributed by atoms with van der Waals surface area (Å²) in [4.78, 5) is 0. The highest BCUT2D eigenvalue weighted by Crippen LogP contribution is 2.35. The number of rotatable bonds is 7. The summed E-state index contributed by atoms with van der Waals surface area (Å²) in [7, 11) is -3.40. The minimum absolute atomic E-state index is 0.367. The van der Waals surface area contributed by atoms with Gasteiger partial charge in [0.15, 0.2) is 0 Å². The molecule has 2 N–H and O–H groups in total. The van der Waals surface area contributed by atoms with E-state index in [1.807, 2.05) is 20.8 Å². The second-order valence-corrected chi connectivity index (χ2v) is 7.10. The summed E-state index contributed by atoms with van der Waals surface area (Å²) < 4.78 is 28.8. The van der Waals surface area contributed by atoms with Crippen molar-refractivity contribution in [1.29, 1.82) is 0 Å². The third kappa shape index (κ3) is 3.29. The number of nitrogens with two attached hydrogens (primary N) is 1. The Labute approximate surface area is 118 Å². The fraction of sp³-hybridized carbons (Fsp3) is 1.00. The van der Waals surface area contributed by atoms with Gasteiger partial charge in [0.25, 0.3) is 10.2 Å². The lowest BCUT2D eigenvalue weighted by atomic mass is 9.81. The van der Waals surface area contributed by atoms with Crippen LogP contribution in [0.2, 0.25) is 0 Å². The molecule has 0 aliphatic heterocycles. The number of hydrogen-bond acceptors (Lipinski definition) is 3. The quantitative estimate of drug-likeness (QED) is 0.774. The van der Waals surface area contributed by atoms with Crippen molar-refractivity contribution in [1.82, 2.24) is 8.61 Å². The van der Waals surface area contributed by atoms with Gasteiger partial charge in [-0.1, -0.05) is 40.0 Å². The Morgan fingerprint density at radius 1 is 1.00 bits per heavy atom. The first-order valence-electron chi connectivity index (χ1n) is 7.46. The third-order valence-corrected chi connectivity index (χ3v) is 6.66. The lowest BCUT2D eigenvalue weighted by molar-refractivity contribution is 0.132. The molecular formula is C13H29N3O2S. The Balaban J connectivity index is 3.10. The van der Waals surface area contributed by atoms with Gasteiger partial charge in [0, 0.05) is 31.7 Å². The number of hydrogen-bond donors (Lipinski definition) is 1. The Morgan fingerprint density at radius 3 is 1.89 bits per heavy atom. The van der Waals surface area contributed by atoms with E-state index in [0.717, 1.165) is 25.7 Å². The van der Waals surface area contributed by atoms with Gasteiger partial charge in [-0.15, -0.1) is 0 Å². The maximum absolute atomic E-state index is 12.8. The Morgan fingerprint density at radius 2 is 1.53 bits per heavy atom. The normalized spacial score (nSPS) is 20.1. The fourth-order valence-corrected chi connectivity index (χ4v) is 5.20. The smallest absolute Gasteiger partial charge is 0.282 e. The van der Waals surface area contributed by atoms with Crippen molar-refractivity contribution in [2.45, 2.75) is 58.4 Å². The van der Waals surface area contributed by atoms with Gasteiger partial charge in [0.1, 0.15) is 0 Å². The molecule has 0 atom stereocenters. The van der Waals surface area contributed by atoms with Gasteiger partial charge < -0.3 is 5.73 Å². The highest BCUT2D eigenvalue weighted by atomic mass is 32.2. The van der Waals surface area contributed by atoms with Crippen LogP contribution in [0.5, 0.6) is 0 Å². The summed E-state index contributed by atoms with van der Waals surface area (Å²) in [5, 5.41) is 0. The standard InChI is InChI=1S/C13H29N3O2S/c1-4-15(5-2)19(17,18)16(6-3)13(12-14)10-8-7-9-11-13/h4-12,14H2,1-3H3. The Hall–Kier alpha value is -0.170. The monoisotopic (exact) mass is 291 g/mol. The van der Waals surface area contributed by atoms with Gasteiger partial charge in [-0.05, 0) is 12.8 Å². The van der Waals surface area contributed by atoms with Crippen molar-refractivity contribution in [2.24, 2.45) is 5.73 Å². The number of nitrogens with zero attached hydrogens (tertiary/aromatic N) is 2. The van der Waals surface area contributed by atoms with Crippen molar-refractivity contribution >= 4 is 10.2 Å². The Bertz CT molecular complexity index is 360. The van der Waals surface area contributed by atoms with E-state index in [0.29, 0.717) is 26.2 Å². The van der Waals surface area contributed by atoms with E-state index in [2.05, 4.69) is 0 Å². The van der Waals surface area contributed by atoms with Crippen LogP contribution in [-0.2, 0) is 10.2 Å². The molecule has 1 aliphatic carbocycles. The predicted octanol–water partition coefficient (Wildman–Crippen LogP) is 1.56. The van der Waals surface area contributed by atoms with Gasteiger partial charge >= 0.3 is 0 Å². The van der Waals surface area contributed by atoms with Crippen LogP contribution < -0.4 is 5.73 Å². The average molecular weight is 291 g/mol. The largest absolute Gasteiger partial charge is 0.329 e. The maximum Gasteiger partial charge on any atom is 0.282 e. The van der Waals surface area contributed by atoms with Gasteiger partial charge in [-0.2, -0.15) is 17.0 Å². The van der Waals surface area contributed by atoms with Crippen molar-refractivity contribution in [3.05, 3.63) is 0 Å². The van der Waals surface area contributed by atoms with Crippen LogP contribution in [-0.4, -0.2) is 48.7 Å². The van der Waals surface area contributed by atoms with E-state index in [9.17, 15) is 8.42 Å². The molecule has 0 aromatic heterocycles. The topological polar surface area (TPSA) is 66.6 Å². The molecule has 0 unspecified atom stereocenters. The van der Waals surface area contributed by atoms with E-state index in [4.69, 9.17) is 5.73 Å². The van der Waals surface area contributed by atoms with E-state index in [1.165, 1.54) is 10.7 Å². The van der Waals surface area contributed by atoms with Gasteiger partial charge in [0.05, 0.1) is 0 Å². The molecule has 6 heteroatoms. The van der Waals surface area contributed by atoms with Crippen molar-refractivity contribution < 1.29 is 8.42 Å². The van der Waals surface area contributed by atoms with Crippen LogP contribution in [0.25, 0.3) is 0 Å². The molecule has 0 spiro atoms. The predicted molar refractivity (Wildman–Crippen MR) is 79.1 cm³/mol. The third-order valence-electron chi connectivity index (χ3n) is 4.29. The van der Waals surface area contributed by atoms with Gasteiger partial charge in [-0.3, -0.25) is 0 Å². The molecule has 0 saturated heterocycles. The average Bonchev–Trinajstić information content (AvgIpc) is 2.41. The molecular weight excluding hydrogens is 262 g/mol. The van der Waals surface area contributed by atoms with Gasteiger partial charge in [-0.25, -0.2) is 0 Å². The molecule has 0 aromatic rings. The van der Waals surface area contributed by atoms with Crippen LogP contribution in [0.3, 0.4) is 0 Å². The van der Waals surface area contributed by atoms with Crippen LogP contribution in [0.4, 0.5) is 0 Å². The van der Waals surface area contributed by atoms with Crippen molar-refractivity contribution in [3.63, 3.8) is 0 Å². The fourth-order valence-electron chi connectivity index (χ4n) is 3.20. The molecule has 5 nitrogen and oxygen atoms in total. The van der Waals surface area contributed by atoms with E-state index in [1.54, 1.807) is 4.31 Å². The molecule has 0 radical (unpaired) electrons. The summed E-state index contributed by atoms with van der Waals surface area (Å²) in [6.07, 6.45) is 5.10. The van der Waals surface area contributed by atoms with Crippen LogP contribution in [0.1, 0.15) is 52.9 Å². The zero-order chi connectivity index (χ0) is 14.5. The van der Waals surface area contributed by atoms with Crippen LogP contribution in [0, 0.1) is 0 Å². The summed E-state index contributed by atoms with van der Waals surface area (Å²) in [6, 6.07) is 0. The minimum Gasteiger partial charge on any atom is -0.329 e. The highest BCUT2D eigenvalue weighted by Gasteiger charge is 2.43.